The molecule has 2 atom stereocenters. The van der Waals surface area contributed by atoms with Gasteiger partial charge in [0, 0.05) is 16.1 Å². The molecular formula is C11H16Cl2N2. The molecule has 15 heavy (non-hydrogen) atoms. The van der Waals surface area contributed by atoms with Crippen LogP contribution in [0.15, 0.2) is 18.2 Å². The standard InChI is InChI=1S/C11H16Cl2N2/c1-3-7(2)11(15-14)8-4-9(12)6-10(13)5-8/h4-7,11,15H,3,14H2,1-2H3. The lowest BCUT2D eigenvalue weighted by Gasteiger charge is -2.22. The molecule has 84 valence electrons. The highest BCUT2D eigenvalue weighted by Gasteiger charge is 2.17. The van der Waals surface area contributed by atoms with Gasteiger partial charge in [0.05, 0.1) is 0 Å². The van der Waals surface area contributed by atoms with Gasteiger partial charge < -0.3 is 0 Å². The van der Waals surface area contributed by atoms with E-state index < -0.39 is 0 Å². The Morgan fingerprint density at radius 1 is 1.27 bits per heavy atom. The SMILES string of the molecule is CCC(C)C(NN)c1cc(Cl)cc(Cl)c1. The molecule has 2 unspecified atom stereocenters. The molecule has 0 bridgehead atoms. The summed E-state index contributed by atoms with van der Waals surface area (Å²) in [5, 5.41) is 1.28. The molecule has 0 radical (unpaired) electrons. The summed E-state index contributed by atoms with van der Waals surface area (Å²) in [5.41, 5.74) is 3.84. The first kappa shape index (κ1) is 12.8. The third-order valence-electron chi connectivity index (χ3n) is 2.64. The van der Waals surface area contributed by atoms with Crippen LogP contribution in [0.25, 0.3) is 0 Å². The molecule has 3 N–H and O–H groups in total. The second-order valence-electron chi connectivity index (χ2n) is 3.73. The Labute approximate surface area is 101 Å². The van der Waals surface area contributed by atoms with Gasteiger partial charge in [-0.15, -0.1) is 0 Å². The second kappa shape index (κ2) is 5.71. The molecule has 0 spiro atoms. The van der Waals surface area contributed by atoms with Crippen LogP contribution in [-0.4, -0.2) is 0 Å². The smallest absolute Gasteiger partial charge is 0.0486 e. The van der Waals surface area contributed by atoms with Gasteiger partial charge in [0.2, 0.25) is 0 Å². The zero-order valence-electron chi connectivity index (χ0n) is 8.93. The molecule has 0 aliphatic carbocycles. The molecule has 0 heterocycles. The van der Waals surface area contributed by atoms with Crippen LogP contribution in [0.4, 0.5) is 0 Å². The number of nitrogens with two attached hydrogens (primary N) is 1. The van der Waals surface area contributed by atoms with E-state index in [1.54, 1.807) is 6.07 Å². The Morgan fingerprint density at radius 3 is 2.20 bits per heavy atom. The van der Waals surface area contributed by atoms with Gasteiger partial charge in [-0.25, -0.2) is 0 Å². The second-order valence-corrected chi connectivity index (χ2v) is 4.61. The zero-order valence-corrected chi connectivity index (χ0v) is 10.4. The summed E-state index contributed by atoms with van der Waals surface area (Å²) in [7, 11) is 0. The van der Waals surface area contributed by atoms with E-state index in [-0.39, 0.29) is 6.04 Å². The van der Waals surface area contributed by atoms with E-state index in [2.05, 4.69) is 19.3 Å². The Balaban J connectivity index is 3.01. The van der Waals surface area contributed by atoms with Gasteiger partial charge in [-0.1, -0.05) is 43.5 Å². The summed E-state index contributed by atoms with van der Waals surface area (Å²) in [6.45, 7) is 4.26. The van der Waals surface area contributed by atoms with Crippen molar-refractivity contribution in [3.63, 3.8) is 0 Å². The predicted octanol–water partition coefficient (Wildman–Crippen LogP) is 3.54. The van der Waals surface area contributed by atoms with E-state index in [0.29, 0.717) is 16.0 Å². The topological polar surface area (TPSA) is 38.0 Å². The van der Waals surface area contributed by atoms with Crippen LogP contribution >= 0.6 is 23.2 Å². The van der Waals surface area contributed by atoms with Crippen molar-refractivity contribution < 1.29 is 0 Å². The molecule has 0 saturated heterocycles. The summed E-state index contributed by atoms with van der Waals surface area (Å²) < 4.78 is 0. The molecule has 4 heteroatoms. The normalized spacial score (nSPS) is 15.0. The van der Waals surface area contributed by atoms with E-state index in [1.807, 2.05) is 12.1 Å². The number of hydrogen-bond donors (Lipinski definition) is 2. The van der Waals surface area contributed by atoms with Crippen LogP contribution in [0, 0.1) is 5.92 Å². The van der Waals surface area contributed by atoms with E-state index in [0.717, 1.165) is 12.0 Å². The molecule has 0 aromatic heterocycles. The van der Waals surface area contributed by atoms with Gasteiger partial charge in [-0.2, -0.15) is 0 Å². The Bertz CT molecular complexity index is 308. The quantitative estimate of drug-likeness (QED) is 0.630. The van der Waals surface area contributed by atoms with Crippen LogP contribution in [0.1, 0.15) is 31.9 Å². The summed E-state index contributed by atoms with van der Waals surface area (Å²) in [5.74, 6) is 5.98. The van der Waals surface area contributed by atoms with Crippen LogP contribution in [0.5, 0.6) is 0 Å². The van der Waals surface area contributed by atoms with Crippen molar-refractivity contribution in [3.8, 4) is 0 Å². The van der Waals surface area contributed by atoms with Gasteiger partial charge in [-0.05, 0) is 29.7 Å². The van der Waals surface area contributed by atoms with Crippen LogP contribution < -0.4 is 11.3 Å². The summed E-state index contributed by atoms with van der Waals surface area (Å²) in [6.07, 6.45) is 1.04. The average molecular weight is 247 g/mol. The van der Waals surface area contributed by atoms with Gasteiger partial charge in [0.25, 0.3) is 0 Å². The van der Waals surface area contributed by atoms with E-state index in [4.69, 9.17) is 29.0 Å². The van der Waals surface area contributed by atoms with Gasteiger partial charge in [0.15, 0.2) is 0 Å². The number of benzene rings is 1. The van der Waals surface area contributed by atoms with Crippen LogP contribution in [0.3, 0.4) is 0 Å². The lowest BCUT2D eigenvalue weighted by atomic mass is 9.93. The summed E-state index contributed by atoms with van der Waals surface area (Å²) in [4.78, 5) is 0. The largest absolute Gasteiger partial charge is 0.271 e. The van der Waals surface area contributed by atoms with Gasteiger partial charge in [-0.3, -0.25) is 11.3 Å². The average Bonchev–Trinajstić information content (AvgIpc) is 2.17. The number of nitrogens with one attached hydrogen (secondary N) is 1. The summed E-state index contributed by atoms with van der Waals surface area (Å²) in [6, 6.07) is 5.59. The van der Waals surface area contributed by atoms with E-state index >= 15 is 0 Å². The molecule has 1 rings (SSSR count). The van der Waals surface area contributed by atoms with Crippen molar-refractivity contribution in [2.75, 3.05) is 0 Å². The monoisotopic (exact) mass is 246 g/mol. The van der Waals surface area contributed by atoms with Crippen LogP contribution in [0.2, 0.25) is 10.0 Å². The fourth-order valence-electron chi connectivity index (χ4n) is 1.58. The van der Waals surface area contributed by atoms with Gasteiger partial charge >= 0.3 is 0 Å². The molecule has 1 aromatic carbocycles. The zero-order chi connectivity index (χ0) is 11.4. The maximum absolute atomic E-state index is 5.95. The molecular weight excluding hydrogens is 231 g/mol. The molecule has 2 nitrogen and oxygen atoms in total. The highest BCUT2D eigenvalue weighted by atomic mass is 35.5. The molecule has 1 aromatic rings. The van der Waals surface area contributed by atoms with E-state index in [1.165, 1.54) is 0 Å². The van der Waals surface area contributed by atoms with Crippen molar-refractivity contribution >= 4 is 23.2 Å². The fourth-order valence-corrected chi connectivity index (χ4v) is 2.12. The lowest BCUT2D eigenvalue weighted by molar-refractivity contribution is 0.383. The lowest BCUT2D eigenvalue weighted by Crippen LogP contribution is -2.32. The molecule has 0 amide bonds. The van der Waals surface area contributed by atoms with Crippen molar-refractivity contribution in [1.82, 2.24) is 5.43 Å². The fraction of sp³-hybridized carbons (Fsp3) is 0.455. The minimum Gasteiger partial charge on any atom is -0.271 e. The number of hydrazine groups is 1. The maximum Gasteiger partial charge on any atom is 0.0486 e. The van der Waals surface area contributed by atoms with E-state index in [9.17, 15) is 0 Å². The van der Waals surface area contributed by atoms with Crippen molar-refractivity contribution in [1.29, 1.82) is 0 Å². The Morgan fingerprint density at radius 2 is 1.80 bits per heavy atom. The number of halogens is 2. The first-order chi connectivity index (χ1) is 7.08. The number of hydrogen-bond acceptors (Lipinski definition) is 2. The van der Waals surface area contributed by atoms with Crippen LogP contribution in [-0.2, 0) is 0 Å². The Hall–Kier alpha value is -0.280. The maximum atomic E-state index is 5.95. The molecule has 0 aliphatic heterocycles. The first-order valence-electron chi connectivity index (χ1n) is 5.00. The number of rotatable bonds is 4. The van der Waals surface area contributed by atoms with Crippen molar-refractivity contribution in [2.24, 2.45) is 11.8 Å². The molecule has 0 fully saturated rings. The predicted molar refractivity (Wildman–Crippen MR) is 66.0 cm³/mol. The molecule has 0 saturated carbocycles. The third kappa shape index (κ3) is 3.35. The summed E-state index contributed by atoms with van der Waals surface area (Å²) >= 11 is 11.9. The van der Waals surface area contributed by atoms with Crippen molar-refractivity contribution in [3.05, 3.63) is 33.8 Å². The highest BCUT2D eigenvalue weighted by Crippen LogP contribution is 2.28. The minimum atomic E-state index is 0.0891. The first-order valence-corrected chi connectivity index (χ1v) is 5.76. The molecule has 0 aliphatic rings. The van der Waals surface area contributed by atoms with Gasteiger partial charge in [0.1, 0.15) is 0 Å². The Kier molecular flexibility index (Phi) is 4.87. The highest BCUT2D eigenvalue weighted by molar-refractivity contribution is 6.34. The minimum absolute atomic E-state index is 0.0891. The van der Waals surface area contributed by atoms with Crippen molar-refractivity contribution in [2.45, 2.75) is 26.3 Å². The third-order valence-corrected chi connectivity index (χ3v) is 3.07.